The summed E-state index contributed by atoms with van der Waals surface area (Å²) in [5.41, 5.74) is 6.42. The number of likely N-dealkylation sites (tertiary alicyclic amines) is 2. The monoisotopic (exact) mass is 251 g/mol. The van der Waals surface area contributed by atoms with Crippen molar-refractivity contribution in [3.63, 3.8) is 0 Å². The van der Waals surface area contributed by atoms with Crippen LogP contribution >= 0.6 is 0 Å². The molecule has 2 saturated heterocycles. The highest BCUT2D eigenvalue weighted by molar-refractivity contribution is 4.97. The van der Waals surface area contributed by atoms with Crippen LogP contribution in [-0.2, 0) is 0 Å². The van der Waals surface area contributed by atoms with Crippen LogP contribution in [0.25, 0.3) is 0 Å². The first kappa shape index (κ1) is 12.9. The molecule has 2 N–H and O–H groups in total. The van der Waals surface area contributed by atoms with Gasteiger partial charge in [0, 0.05) is 38.3 Å². The van der Waals surface area contributed by atoms with Crippen molar-refractivity contribution in [2.24, 2.45) is 17.6 Å². The summed E-state index contributed by atoms with van der Waals surface area (Å²) in [6, 6.07) is 1.33. The smallest absolute Gasteiger partial charge is 0.0145 e. The number of fused-ring (bicyclic) bond motifs is 2. The summed E-state index contributed by atoms with van der Waals surface area (Å²) in [5.74, 6) is 1.43. The average Bonchev–Trinajstić information content (AvgIpc) is 2.59. The van der Waals surface area contributed by atoms with E-state index in [1.54, 1.807) is 0 Å². The zero-order valence-corrected chi connectivity index (χ0v) is 11.9. The fraction of sp³-hybridized carbons (Fsp3) is 1.00. The van der Waals surface area contributed by atoms with Crippen LogP contribution in [0.5, 0.6) is 0 Å². The molecule has 3 aliphatic rings. The quantitative estimate of drug-likeness (QED) is 0.717. The van der Waals surface area contributed by atoms with Gasteiger partial charge >= 0.3 is 0 Å². The first-order chi connectivity index (χ1) is 8.74. The molecule has 2 bridgehead atoms. The molecule has 3 heteroatoms. The standard InChI is InChI=1S/C15H29N3/c1-17-8-12-10-18(11-13(9-17)15(12)16)14-6-4-2-3-5-7-14/h12-15H,2-11,16H2,1H3. The van der Waals surface area contributed by atoms with Crippen molar-refractivity contribution in [3.05, 3.63) is 0 Å². The van der Waals surface area contributed by atoms with Crippen LogP contribution in [0.4, 0.5) is 0 Å². The van der Waals surface area contributed by atoms with Crippen LogP contribution in [0.1, 0.15) is 38.5 Å². The summed E-state index contributed by atoms with van der Waals surface area (Å²) >= 11 is 0. The molecule has 0 aromatic rings. The van der Waals surface area contributed by atoms with Crippen molar-refractivity contribution >= 4 is 0 Å². The van der Waals surface area contributed by atoms with Crippen molar-refractivity contribution in [2.45, 2.75) is 50.6 Å². The molecule has 3 fully saturated rings. The zero-order chi connectivity index (χ0) is 12.5. The molecule has 2 aliphatic heterocycles. The molecule has 18 heavy (non-hydrogen) atoms. The molecule has 2 heterocycles. The maximum Gasteiger partial charge on any atom is 0.0145 e. The van der Waals surface area contributed by atoms with Gasteiger partial charge in [0.15, 0.2) is 0 Å². The highest BCUT2D eigenvalue weighted by Gasteiger charge is 2.40. The number of hydrogen-bond acceptors (Lipinski definition) is 3. The minimum Gasteiger partial charge on any atom is -0.327 e. The predicted octanol–water partition coefficient (Wildman–Crippen LogP) is 1.53. The summed E-state index contributed by atoms with van der Waals surface area (Å²) in [5, 5.41) is 0. The van der Waals surface area contributed by atoms with Gasteiger partial charge in [0.2, 0.25) is 0 Å². The minimum absolute atomic E-state index is 0.461. The Morgan fingerprint density at radius 2 is 1.39 bits per heavy atom. The third-order valence-electron chi connectivity index (χ3n) is 5.46. The molecule has 3 nitrogen and oxygen atoms in total. The zero-order valence-electron chi connectivity index (χ0n) is 11.9. The van der Waals surface area contributed by atoms with Crippen molar-refractivity contribution < 1.29 is 0 Å². The van der Waals surface area contributed by atoms with Crippen LogP contribution in [0.3, 0.4) is 0 Å². The Labute approximate surface area is 112 Å². The van der Waals surface area contributed by atoms with Crippen LogP contribution < -0.4 is 5.73 Å². The Hall–Kier alpha value is -0.120. The van der Waals surface area contributed by atoms with E-state index in [9.17, 15) is 0 Å². The lowest BCUT2D eigenvalue weighted by atomic mass is 9.79. The molecule has 0 aromatic heterocycles. The minimum atomic E-state index is 0.461. The molecule has 0 radical (unpaired) electrons. The van der Waals surface area contributed by atoms with Crippen molar-refractivity contribution in [2.75, 3.05) is 33.2 Å². The SMILES string of the molecule is CN1CC2CN(C3CCCCCC3)CC(C1)C2N. The first-order valence-corrected chi connectivity index (χ1v) is 7.92. The van der Waals surface area contributed by atoms with Crippen LogP contribution in [0, 0.1) is 11.8 Å². The van der Waals surface area contributed by atoms with E-state index in [1.165, 1.54) is 64.7 Å². The topological polar surface area (TPSA) is 32.5 Å². The summed E-state index contributed by atoms with van der Waals surface area (Å²) in [4.78, 5) is 5.29. The van der Waals surface area contributed by atoms with Crippen molar-refractivity contribution in [1.29, 1.82) is 0 Å². The highest BCUT2D eigenvalue weighted by atomic mass is 15.2. The fourth-order valence-corrected chi connectivity index (χ4v) is 4.46. The molecule has 2 atom stereocenters. The van der Waals surface area contributed by atoms with Crippen LogP contribution in [0.2, 0.25) is 0 Å². The maximum atomic E-state index is 6.42. The molecule has 2 unspecified atom stereocenters. The highest BCUT2D eigenvalue weighted by Crippen LogP contribution is 2.31. The van der Waals surface area contributed by atoms with Gasteiger partial charge in [0.05, 0.1) is 0 Å². The lowest BCUT2D eigenvalue weighted by Gasteiger charge is -2.50. The largest absolute Gasteiger partial charge is 0.327 e. The van der Waals surface area contributed by atoms with Gasteiger partial charge in [-0.15, -0.1) is 0 Å². The Balaban J connectivity index is 1.65. The molecular formula is C15H29N3. The number of rotatable bonds is 1. The normalized spacial score (nSPS) is 40.7. The van der Waals surface area contributed by atoms with Gasteiger partial charge in [-0.2, -0.15) is 0 Å². The van der Waals surface area contributed by atoms with E-state index in [0.29, 0.717) is 17.9 Å². The van der Waals surface area contributed by atoms with E-state index in [4.69, 9.17) is 5.73 Å². The van der Waals surface area contributed by atoms with Crippen LogP contribution in [-0.4, -0.2) is 55.1 Å². The van der Waals surface area contributed by atoms with Crippen molar-refractivity contribution in [3.8, 4) is 0 Å². The Morgan fingerprint density at radius 1 is 0.833 bits per heavy atom. The molecule has 0 aromatic carbocycles. The lowest BCUT2D eigenvalue weighted by molar-refractivity contribution is 0.000235. The average molecular weight is 251 g/mol. The van der Waals surface area contributed by atoms with Gasteiger partial charge < -0.3 is 10.6 Å². The Kier molecular flexibility index (Phi) is 3.92. The summed E-state index contributed by atoms with van der Waals surface area (Å²) in [7, 11) is 2.26. The van der Waals surface area contributed by atoms with E-state index in [2.05, 4.69) is 16.8 Å². The third-order valence-corrected chi connectivity index (χ3v) is 5.46. The number of hydrogen-bond donors (Lipinski definition) is 1. The lowest BCUT2D eigenvalue weighted by Crippen LogP contribution is -2.63. The summed E-state index contributed by atoms with van der Waals surface area (Å²) in [6.45, 7) is 4.93. The van der Waals surface area contributed by atoms with E-state index >= 15 is 0 Å². The van der Waals surface area contributed by atoms with Crippen molar-refractivity contribution in [1.82, 2.24) is 9.80 Å². The maximum absolute atomic E-state index is 6.42. The second-order valence-corrected chi connectivity index (χ2v) is 6.92. The molecular weight excluding hydrogens is 222 g/mol. The molecule has 0 spiro atoms. The van der Waals surface area contributed by atoms with Gasteiger partial charge in [-0.3, -0.25) is 4.90 Å². The Morgan fingerprint density at radius 3 is 1.94 bits per heavy atom. The summed E-state index contributed by atoms with van der Waals surface area (Å²) < 4.78 is 0. The predicted molar refractivity (Wildman–Crippen MR) is 75.5 cm³/mol. The first-order valence-electron chi connectivity index (χ1n) is 7.92. The van der Waals surface area contributed by atoms with E-state index in [0.717, 1.165) is 6.04 Å². The van der Waals surface area contributed by atoms with Gasteiger partial charge in [0.25, 0.3) is 0 Å². The third kappa shape index (κ3) is 2.59. The molecule has 1 saturated carbocycles. The van der Waals surface area contributed by atoms with Gasteiger partial charge in [0.1, 0.15) is 0 Å². The number of piperidine rings is 2. The van der Waals surface area contributed by atoms with E-state index in [1.807, 2.05) is 0 Å². The number of nitrogens with two attached hydrogens (primary N) is 1. The van der Waals surface area contributed by atoms with E-state index in [-0.39, 0.29) is 0 Å². The number of nitrogens with zero attached hydrogens (tertiary/aromatic N) is 2. The second kappa shape index (κ2) is 5.48. The van der Waals surface area contributed by atoms with E-state index < -0.39 is 0 Å². The molecule has 104 valence electrons. The molecule has 0 amide bonds. The Bertz CT molecular complexity index is 257. The summed E-state index contributed by atoms with van der Waals surface area (Å²) in [6.07, 6.45) is 8.68. The second-order valence-electron chi connectivity index (χ2n) is 6.92. The van der Waals surface area contributed by atoms with Gasteiger partial charge in [-0.25, -0.2) is 0 Å². The van der Waals surface area contributed by atoms with Gasteiger partial charge in [-0.05, 0) is 31.7 Å². The molecule has 1 aliphatic carbocycles. The van der Waals surface area contributed by atoms with Gasteiger partial charge in [-0.1, -0.05) is 25.7 Å². The van der Waals surface area contributed by atoms with Crippen LogP contribution in [0.15, 0.2) is 0 Å². The molecule has 3 rings (SSSR count). The fourth-order valence-electron chi connectivity index (χ4n) is 4.46.